The summed E-state index contributed by atoms with van der Waals surface area (Å²) in [5.74, 6) is 0.185. The molecule has 4 heterocycles. The Morgan fingerprint density at radius 3 is 2.79 bits per heavy atom. The normalized spacial score (nSPS) is 23.2. The topological polar surface area (TPSA) is 117 Å². The highest BCUT2D eigenvalue weighted by Gasteiger charge is 2.33. The summed E-state index contributed by atoms with van der Waals surface area (Å²) in [7, 11) is 0. The molecule has 2 aromatic rings. The van der Waals surface area contributed by atoms with Crippen LogP contribution in [0, 0.1) is 6.92 Å². The van der Waals surface area contributed by atoms with Crippen LogP contribution in [0.4, 0.5) is 5.82 Å². The number of aliphatic hydroxyl groups excluding tert-OH is 1. The quantitative estimate of drug-likeness (QED) is 0.550. The Morgan fingerprint density at radius 2 is 2.18 bits per heavy atom. The average Bonchev–Trinajstić information content (AvgIpc) is 3.54. The van der Waals surface area contributed by atoms with E-state index in [4.69, 9.17) is 4.74 Å². The Balaban J connectivity index is 1.68. The van der Waals surface area contributed by atoms with Crippen LogP contribution in [0.5, 0.6) is 0 Å². The largest absolute Gasteiger partial charge is 0.388 e. The summed E-state index contributed by atoms with van der Waals surface area (Å²) < 4.78 is 5.23. The number of amides is 2. The van der Waals surface area contributed by atoms with Gasteiger partial charge in [-0.3, -0.25) is 9.59 Å². The first-order valence-corrected chi connectivity index (χ1v) is 12.7. The number of aliphatic hydroxyl groups is 1. The van der Waals surface area contributed by atoms with Crippen molar-refractivity contribution in [3.63, 3.8) is 0 Å². The number of aromatic nitrogens is 2. The molecule has 2 saturated heterocycles. The molecule has 0 unspecified atom stereocenters. The van der Waals surface area contributed by atoms with E-state index in [1.807, 2.05) is 24.8 Å². The highest BCUT2D eigenvalue weighted by atomic mass is 32.1. The van der Waals surface area contributed by atoms with Crippen LogP contribution in [0.2, 0.25) is 0 Å². The molecule has 2 fully saturated rings. The molecule has 3 N–H and O–H groups in total. The molecule has 0 aliphatic carbocycles. The molecule has 0 saturated carbocycles. The molecule has 2 amide bonds. The summed E-state index contributed by atoms with van der Waals surface area (Å²) >= 11 is 1.18. The summed E-state index contributed by atoms with van der Waals surface area (Å²) in [6, 6.07) is 1.89. The first-order chi connectivity index (χ1) is 16.3. The van der Waals surface area contributed by atoms with E-state index in [0.717, 1.165) is 36.2 Å². The number of thiazole rings is 1. The minimum absolute atomic E-state index is 0.131. The number of carbonyl (C=O) groups excluding carboxylic acids is 2. The van der Waals surface area contributed by atoms with Crippen molar-refractivity contribution in [3.05, 3.63) is 28.5 Å². The number of aryl methyl sites for hydroxylation is 1. The Kier molecular flexibility index (Phi) is 7.49. The molecule has 0 bridgehead atoms. The average molecular weight is 488 g/mol. The number of likely N-dealkylation sites (tertiary alicyclic amines) is 1. The number of hydrogen-bond donors (Lipinski definition) is 3. The van der Waals surface area contributed by atoms with Gasteiger partial charge in [-0.25, -0.2) is 9.97 Å². The maximum atomic E-state index is 13.5. The van der Waals surface area contributed by atoms with Crippen LogP contribution in [0.3, 0.4) is 0 Å². The molecule has 0 radical (unpaired) electrons. The number of hydrogen-bond acceptors (Lipinski definition) is 8. The molecule has 4 atom stereocenters. The zero-order valence-electron chi connectivity index (χ0n) is 20.1. The maximum Gasteiger partial charge on any atom is 0.280 e. The second kappa shape index (κ2) is 10.4. The highest BCUT2D eigenvalue weighted by molar-refractivity contribution is 7.17. The fourth-order valence-electron chi connectivity index (χ4n) is 4.25. The van der Waals surface area contributed by atoms with Crippen LogP contribution in [0.25, 0.3) is 10.4 Å². The number of nitrogens with zero attached hydrogens (tertiary/aromatic N) is 3. The lowest BCUT2D eigenvalue weighted by Gasteiger charge is -2.21. The molecule has 34 heavy (non-hydrogen) atoms. The van der Waals surface area contributed by atoms with Crippen molar-refractivity contribution in [1.82, 2.24) is 20.2 Å². The van der Waals surface area contributed by atoms with Gasteiger partial charge in [0.25, 0.3) is 11.8 Å². The third-order valence-electron chi connectivity index (χ3n) is 6.57. The molecule has 0 aromatic carbocycles. The number of anilines is 1. The molecule has 184 valence electrons. The van der Waals surface area contributed by atoms with Gasteiger partial charge in [-0.15, -0.1) is 11.3 Å². The van der Waals surface area contributed by atoms with Crippen molar-refractivity contribution in [2.24, 2.45) is 0 Å². The monoisotopic (exact) mass is 487 g/mol. The van der Waals surface area contributed by atoms with Crippen molar-refractivity contribution in [3.8, 4) is 10.4 Å². The SMILES string of the molecule is CC[C@@H](C)Nc1cc(C)c(-c2sc(C(=O)N[C@@H]3COC[C@@H]3O)nc2C(=O)N2CCC[C@@H]2C)cn1. The summed E-state index contributed by atoms with van der Waals surface area (Å²) in [4.78, 5) is 38.0. The maximum absolute atomic E-state index is 13.5. The van der Waals surface area contributed by atoms with Crippen molar-refractivity contribution >= 4 is 29.0 Å². The zero-order chi connectivity index (χ0) is 24.4. The molecule has 2 aromatic heterocycles. The Hall–Kier alpha value is -2.56. The highest BCUT2D eigenvalue weighted by Crippen LogP contribution is 2.35. The third-order valence-corrected chi connectivity index (χ3v) is 7.65. The lowest BCUT2D eigenvalue weighted by Crippen LogP contribution is -2.42. The predicted molar refractivity (Wildman–Crippen MR) is 131 cm³/mol. The van der Waals surface area contributed by atoms with E-state index in [2.05, 4.69) is 34.4 Å². The first-order valence-electron chi connectivity index (χ1n) is 11.9. The smallest absolute Gasteiger partial charge is 0.280 e. The van der Waals surface area contributed by atoms with E-state index < -0.39 is 18.1 Å². The van der Waals surface area contributed by atoms with Crippen LogP contribution < -0.4 is 10.6 Å². The number of pyridine rings is 1. The Labute approximate surface area is 203 Å². The van der Waals surface area contributed by atoms with Crippen LogP contribution in [-0.4, -0.2) is 75.8 Å². The number of carbonyl (C=O) groups is 2. The fraction of sp³-hybridized carbons (Fsp3) is 0.583. The van der Waals surface area contributed by atoms with Crippen molar-refractivity contribution in [2.45, 2.75) is 71.2 Å². The van der Waals surface area contributed by atoms with Crippen molar-refractivity contribution < 1.29 is 19.4 Å². The van der Waals surface area contributed by atoms with E-state index in [1.54, 1.807) is 6.20 Å². The molecular formula is C24H33N5O4S. The van der Waals surface area contributed by atoms with E-state index in [1.165, 1.54) is 11.3 Å². The van der Waals surface area contributed by atoms with Gasteiger partial charge in [0.2, 0.25) is 0 Å². The van der Waals surface area contributed by atoms with Gasteiger partial charge in [0.05, 0.1) is 30.2 Å². The molecule has 9 nitrogen and oxygen atoms in total. The molecular weight excluding hydrogens is 454 g/mol. The van der Waals surface area contributed by atoms with Crippen molar-refractivity contribution in [2.75, 3.05) is 25.1 Å². The second-order valence-electron chi connectivity index (χ2n) is 9.21. The van der Waals surface area contributed by atoms with Gasteiger partial charge < -0.3 is 25.4 Å². The Bertz CT molecular complexity index is 1060. The summed E-state index contributed by atoms with van der Waals surface area (Å²) in [5, 5.41) is 16.3. The van der Waals surface area contributed by atoms with E-state index in [-0.39, 0.29) is 35.9 Å². The summed E-state index contributed by atoms with van der Waals surface area (Å²) in [6.07, 6.45) is 3.87. The van der Waals surface area contributed by atoms with E-state index in [9.17, 15) is 14.7 Å². The summed E-state index contributed by atoms with van der Waals surface area (Å²) in [6.45, 7) is 9.32. The van der Waals surface area contributed by atoms with Gasteiger partial charge in [0, 0.05) is 30.4 Å². The number of nitrogens with one attached hydrogen (secondary N) is 2. The first kappa shape index (κ1) is 24.6. The predicted octanol–water partition coefficient (Wildman–Crippen LogP) is 2.84. The van der Waals surface area contributed by atoms with E-state index >= 15 is 0 Å². The fourth-order valence-corrected chi connectivity index (χ4v) is 5.29. The molecule has 2 aliphatic heterocycles. The van der Waals surface area contributed by atoms with Crippen LogP contribution >= 0.6 is 11.3 Å². The van der Waals surface area contributed by atoms with Gasteiger partial charge in [-0.05, 0) is 51.7 Å². The second-order valence-corrected chi connectivity index (χ2v) is 10.2. The summed E-state index contributed by atoms with van der Waals surface area (Å²) in [5.41, 5.74) is 2.00. The standard InChI is InChI=1S/C24H33N5O4S/c1-5-14(3)26-19-9-13(2)16(10-25-19)21-20(24(32)29-8-6-7-15(29)4)28-23(34-21)22(31)27-17-11-33-12-18(17)30/h9-10,14-15,17-18,30H,5-8,11-12H2,1-4H3,(H,25,26)(H,27,31)/t14-,15+,17-,18+/m1/s1. The molecule has 10 heteroatoms. The minimum atomic E-state index is -0.757. The molecule has 0 spiro atoms. The van der Waals surface area contributed by atoms with E-state index in [0.29, 0.717) is 17.5 Å². The Morgan fingerprint density at radius 1 is 1.38 bits per heavy atom. The van der Waals surface area contributed by atoms with Crippen molar-refractivity contribution in [1.29, 1.82) is 0 Å². The lowest BCUT2D eigenvalue weighted by molar-refractivity contribution is 0.0743. The van der Waals surface area contributed by atoms with Crippen LogP contribution in [0.1, 0.15) is 65.9 Å². The minimum Gasteiger partial charge on any atom is -0.388 e. The van der Waals surface area contributed by atoms with Gasteiger partial charge in [-0.2, -0.15) is 0 Å². The van der Waals surface area contributed by atoms with Gasteiger partial charge in [-0.1, -0.05) is 6.92 Å². The molecule has 2 aliphatic rings. The number of rotatable bonds is 7. The van der Waals surface area contributed by atoms with Gasteiger partial charge in [0.15, 0.2) is 5.01 Å². The van der Waals surface area contributed by atoms with Crippen LogP contribution in [-0.2, 0) is 4.74 Å². The molecule has 4 rings (SSSR count). The number of ether oxygens (including phenoxy) is 1. The third kappa shape index (κ3) is 5.08. The van der Waals surface area contributed by atoms with Gasteiger partial charge >= 0.3 is 0 Å². The van der Waals surface area contributed by atoms with Gasteiger partial charge in [0.1, 0.15) is 11.5 Å². The zero-order valence-corrected chi connectivity index (χ0v) is 20.9. The lowest BCUT2D eigenvalue weighted by atomic mass is 10.1. The van der Waals surface area contributed by atoms with Crippen LogP contribution in [0.15, 0.2) is 12.3 Å².